The van der Waals surface area contributed by atoms with Gasteiger partial charge in [0.05, 0.1) is 0 Å². The van der Waals surface area contributed by atoms with Crippen molar-refractivity contribution in [3.63, 3.8) is 0 Å². The molecular formula is C15H20BrFN2. The Balaban J connectivity index is 1.54. The molecule has 0 saturated carbocycles. The molecule has 19 heavy (non-hydrogen) atoms. The number of hydrogen-bond acceptors (Lipinski definition) is 2. The highest BCUT2D eigenvalue weighted by molar-refractivity contribution is 9.10. The van der Waals surface area contributed by atoms with Crippen molar-refractivity contribution in [3.8, 4) is 0 Å². The first-order valence-corrected chi connectivity index (χ1v) is 7.92. The number of nitrogens with zero attached hydrogens (tertiary/aromatic N) is 1. The van der Waals surface area contributed by atoms with E-state index in [1.807, 2.05) is 6.07 Å². The summed E-state index contributed by atoms with van der Waals surface area (Å²) in [4.78, 5) is 2.62. The summed E-state index contributed by atoms with van der Waals surface area (Å²) in [7, 11) is 0. The van der Waals surface area contributed by atoms with Crippen molar-refractivity contribution < 1.29 is 4.39 Å². The molecule has 104 valence electrons. The van der Waals surface area contributed by atoms with Crippen LogP contribution < -0.4 is 5.32 Å². The largest absolute Gasteiger partial charge is 0.310 e. The molecule has 2 saturated heterocycles. The number of rotatable bonds is 3. The lowest BCUT2D eigenvalue weighted by Gasteiger charge is -2.35. The van der Waals surface area contributed by atoms with Crippen molar-refractivity contribution >= 4 is 15.9 Å². The molecular weight excluding hydrogens is 307 g/mol. The molecule has 2 atom stereocenters. The fourth-order valence-corrected chi connectivity index (χ4v) is 3.90. The monoisotopic (exact) mass is 326 g/mol. The van der Waals surface area contributed by atoms with Gasteiger partial charge in [0.15, 0.2) is 0 Å². The van der Waals surface area contributed by atoms with Crippen LogP contribution in [0.3, 0.4) is 0 Å². The second-order valence-electron chi connectivity index (χ2n) is 5.71. The Morgan fingerprint density at radius 3 is 3.00 bits per heavy atom. The number of nitrogens with one attached hydrogen (secondary N) is 1. The maximum Gasteiger partial charge on any atom is 0.124 e. The molecule has 1 N–H and O–H groups in total. The molecule has 1 aromatic rings. The summed E-state index contributed by atoms with van der Waals surface area (Å²) in [6, 6.07) is 6.47. The van der Waals surface area contributed by atoms with Crippen molar-refractivity contribution in [2.24, 2.45) is 0 Å². The Morgan fingerprint density at radius 2 is 2.16 bits per heavy atom. The second kappa shape index (κ2) is 5.90. The van der Waals surface area contributed by atoms with E-state index in [0.717, 1.165) is 22.6 Å². The molecule has 4 heteroatoms. The van der Waals surface area contributed by atoms with Crippen molar-refractivity contribution in [1.29, 1.82) is 0 Å². The van der Waals surface area contributed by atoms with Crippen molar-refractivity contribution in [2.75, 3.05) is 13.1 Å². The lowest BCUT2D eigenvalue weighted by molar-refractivity contribution is 0.166. The van der Waals surface area contributed by atoms with Crippen LogP contribution in [0.5, 0.6) is 0 Å². The van der Waals surface area contributed by atoms with Crippen molar-refractivity contribution in [3.05, 3.63) is 34.1 Å². The molecule has 0 aliphatic carbocycles. The van der Waals surface area contributed by atoms with Gasteiger partial charge in [-0.15, -0.1) is 0 Å². The minimum Gasteiger partial charge on any atom is -0.310 e. The van der Waals surface area contributed by atoms with Crippen LogP contribution in [0.1, 0.15) is 31.2 Å². The zero-order valence-electron chi connectivity index (χ0n) is 11.0. The number of hydrogen-bond donors (Lipinski definition) is 1. The fourth-order valence-electron chi connectivity index (χ4n) is 3.38. The molecule has 2 aliphatic heterocycles. The van der Waals surface area contributed by atoms with E-state index < -0.39 is 0 Å². The van der Waals surface area contributed by atoms with E-state index in [1.54, 1.807) is 6.07 Å². The Bertz CT molecular complexity index is 432. The molecule has 2 nitrogen and oxygen atoms in total. The topological polar surface area (TPSA) is 15.3 Å². The summed E-state index contributed by atoms with van der Waals surface area (Å²) in [6.45, 7) is 3.26. The molecule has 0 spiro atoms. The number of piperidine rings is 1. The van der Waals surface area contributed by atoms with Gasteiger partial charge in [-0.05, 0) is 62.5 Å². The zero-order chi connectivity index (χ0) is 13.2. The highest BCUT2D eigenvalue weighted by Gasteiger charge is 2.31. The standard InChI is InChI=1S/C15H20BrFN2/c16-12-6-11(7-13(17)8-12)10-18-14-3-5-19-4-1-2-15(19)9-14/h6-8,14-15,18H,1-5,9-10H2. The normalized spacial score (nSPS) is 27.5. The average Bonchev–Trinajstić information content (AvgIpc) is 2.82. The summed E-state index contributed by atoms with van der Waals surface area (Å²) < 4.78 is 14.1. The molecule has 2 unspecified atom stereocenters. The molecule has 0 bridgehead atoms. The van der Waals surface area contributed by atoms with E-state index in [4.69, 9.17) is 0 Å². The Hall–Kier alpha value is -0.450. The van der Waals surface area contributed by atoms with Crippen LogP contribution in [0.2, 0.25) is 0 Å². The SMILES string of the molecule is Fc1cc(Br)cc(CNC2CCN3CCCC3C2)c1. The molecule has 0 radical (unpaired) electrons. The number of fused-ring (bicyclic) bond motifs is 1. The molecule has 2 aliphatic rings. The summed E-state index contributed by atoms with van der Waals surface area (Å²) in [6.07, 6.45) is 5.17. The van der Waals surface area contributed by atoms with Gasteiger partial charge in [0, 0.05) is 23.1 Å². The predicted octanol–water partition coefficient (Wildman–Crippen LogP) is 3.30. The van der Waals surface area contributed by atoms with Gasteiger partial charge in [-0.3, -0.25) is 0 Å². The maximum absolute atomic E-state index is 13.3. The van der Waals surface area contributed by atoms with Crippen LogP contribution in [-0.4, -0.2) is 30.1 Å². The van der Waals surface area contributed by atoms with Gasteiger partial charge in [-0.25, -0.2) is 4.39 Å². The predicted molar refractivity (Wildman–Crippen MR) is 78.6 cm³/mol. The van der Waals surface area contributed by atoms with Gasteiger partial charge in [-0.2, -0.15) is 0 Å². The summed E-state index contributed by atoms with van der Waals surface area (Å²) in [5.74, 6) is -0.170. The van der Waals surface area contributed by atoms with Crippen LogP contribution in [0.25, 0.3) is 0 Å². The highest BCUT2D eigenvalue weighted by atomic mass is 79.9. The van der Waals surface area contributed by atoms with Crippen molar-refractivity contribution in [1.82, 2.24) is 10.2 Å². The van der Waals surface area contributed by atoms with Gasteiger partial charge in [0.2, 0.25) is 0 Å². The quantitative estimate of drug-likeness (QED) is 0.916. The van der Waals surface area contributed by atoms with Gasteiger partial charge < -0.3 is 10.2 Å². The smallest absolute Gasteiger partial charge is 0.124 e. The maximum atomic E-state index is 13.3. The third-order valence-electron chi connectivity index (χ3n) is 4.34. The van der Waals surface area contributed by atoms with Gasteiger partial charge >= 0.3 is 0 Å². The molecule has 2 heterocycles. The van der Waals surface area contributed by atoms with Crippen LogP contribution >= 0.6 is 15.9 Å². The Labute approximate surface area is 122 Å². The number of benzene rings is 1. The summed E-state index contributed by atoms with van der Waals surface area (Å²) in [5, 5.41) is 3.59. The van der Waals surface area contributed by atoms with Crippen molar-refractivity contribution in [2.45, 2.75) is 44.3 Å². The molecule has 2 fully saturated rings. The number of halogens is 2. The van der Waals surface area contributed by atoms with Crippen LogP contribution in [0.4, 0.5) is 4.39 Å². The van der Waals surface area contributed by atoms with Crippen LogP contribution in [0, 0.1) is 5.82 Å². The van der Waals surface area contributed by atoms with E-state index in [-0.39, 0.29) is 5.82 Å². The van der Waals surface area contributed by atoms with E-state index >= 15 is 0 Å². The first kappa shape index (κ1) is 13.5. The molecule has 0 aromatic heterocycles. The Kier molecular flexibility index (Phi) is 4.20. The van der Waals surface area contributed by atoms with E-state index in [2.05, 4.69) is 26.1 Å². The van der Waals surface area contributed by atoms with Gasteiger partial charge in [0.1, 0.15) is 5.82 Å². The van der Waals surface area contributed by atoms with Crippen LogP contribution in [-0.2, 0) is 6.54 Å². The van der Waals surface area contributed by atoms with E-state index in [9.17, 15) is 4.39 Å². The van der Waals surface area contributed by atoms with Crippen LogP contribution in [0.15, 0.2) is 22.7 Å². The molecule has 0 amide bonds. The lowest BCUT2D eigenvalue weighted by atomic mass is 9.97. The second-order valence-corrected chi connectivity index (χ2v) is 6.63. The van der Waals surface area contributed by atoms with Gasteiger partial charge in [0.25, 0.3) is 0 Å². The first-order valence-electron chi connectivity index (χ1n) is 7.13. The Morgan fingerprint density at radius 1 is 1.26 bits per heavy atom. The van der Waals surface area contributed by atoms with E-state index in [0.29, 0.717) is 6.04 Å². The third kappa shape index (κ3) is 3.36. The lowest BCUT2D eigenvalue weighted by Crippen LogP contribution is -2.45. The fraction of sp³-hybridized carbons (Fsp3) is 0.600. The minimum absolute atomic E-state index is 0.170. The molecule has 3 rings (SSSR count). The summed E-state index contributed by atoms with van der Waals surface area (Å²) in [5.41, 5.74) is 1.01. The molecule has 1 aromatic carbocycles. The average molecular weight is 327 g/mol. The van der Waals surface area contributed by atoms with E-state index in [1.165, 1.54) is 44.8 Å². The third-order valence-corrected chi connectivity index (χ3v) is 4.80. The minimum atomic E-state index is -0.170. The van der Waals surface area contributed by atoms with Gasteiger partial charge in [-0.1, -0.05) is 15.9 Å². The first-order chi connectivity index (χ1) is 9.20. The summed E-state index contributed by atoms with van der Waals surface area (Å²) >= 11 is 3.34. The highest BCUT2D eigenvalue weighted by Crippen LogP contribution is 2.27. The zero-order valence-corrected chi connectivity index (χ0v) is 12.6.